The Morgan fingerprint density at radius 2 is 2.00 bits per heavy atom. The third kappa shape index (κ3) is 3.94. The van der Waals surface area contributed by atoms with Gasteiger partial charge in [0.2, 0.25) is 5.78 Å². The molecule has 0 aliphatic carbocycles. The van der Waals surface area contributed by atoms with E-state index in [1.54, 1.807) is 6.07 Å². The summed E-state index contributed by atoms with van der Waals surface area (Å²) in [5.74, 6) is -1.13. The molecule has 0 atom stereocenters. The van der Waals surface area contributed by atoms with Crippen molar-refractivity contribution in [2.24, 2.45) is 0 Å². The number of halogens is 1. The molecular formula is C15H12ClNO5S. The zero-order valence-corrected chi connectivity index (χ0v) is 13.9. The predicted molar refractivity (Wildman–Crippen MR) is 86.5 cm³/mol. The van der Waals surface area contributed by atoms with Gasteiger partial charge in [0.25, 0.3) is 5.69 Å². The number of esters is 1. The lowest BCUT2D eigenvalue weighted by Crippen LogP contribution is -2.14. The molecule has 0 amide bonds. The van der Waals surface area contributed by atoms with Gasteiger partial charge in [-0.2, -0.15) is 0 Å². The number of Topliss-reactive ketones (excluding diaryl/α,β-unsaturated/α-hetero) is 1. The minimum Gasteiger partial charge on any atom is -0.454 e. The number of benzene rings is 1. The Kier molecular flexibility index (Phi) is 5.12. The van der Waals surface area contributed by atoms with Gasteiger partial charge in [-0.05, 0) is 32.0 Å². The van der Waals surface area contributed by atoms with Crippen molar-refractivity contribution in [3.05, 3.63) is 60.3 Å². The van der Waals surface area contributed by atoms with Gasteiger partial charge in [0.1, 0.15) is 5.02 Å². The molecule has 1 aromatic heterocycles. The monoisotopic (exact) mass is 353 g/mol. The molecule has 2 rings (SSSR count). The van der Waals surface area contributed by atoms with Crippen LogP contribution in [-0.2, 0) is 4.74 Å². The molecule has 0 radical (unpaired) electrons. The van der Waals surface area contributed by atoms with Gasteiger partial charge in [0.05, 0.1) is 10.5 Å². The van der Waals surface area contributed by atoms with Gasteiger partial charge in [-0.1, -0.05) is 11.6 Å². The number of carbonyl (C=O) groups excluding carboxylic acids is 2. The van der Waals surface area contributed by atoms with Crippen LogP contribution in [0.15, 0.2) is 24.3 Å². The molecule has 6 nitrogen and oxygen atoms in total. The van der Waals surface area contributed by atoms with Crippen LogP contribution < -0.4 is 0 Å². The number of carbonyl (C=O) groups is 2. The predicted octanol–water partition coefficient (Wildman–Crippen LogP) is 3.97. The molecule has 0 N–H and O–H groups in total. The Morgan fingerprint density at radius 3 is 2.57 bits per heavy atom. The van der Waals surface area contributed by atoms with Crippen molar-refractivity contribution < 1.29 is 19.2 Å². The highest BCUT2D eigenvalue weighted by atomic mass is 35.5. The number of thiophene rings is 1. The summed E-state index contributed by atoms with van der Waals surface area (Å²) in [7, 11) is 0. The Bertz CT molecular complexity index is 799. The second kappa shape index (κ2) is 6.89. The molecule has 1 aromatic carbocycles. The van der Waals surface area contributed by atoms with Crippen molar-refractivity contribution in [1.82, 2.24) is 0 Å². The van der Waals surface area contributed by atoms with Crippen molar-refractivity contribution in [3.8, 4) is 0 Å². The van der Waals surface area contributed by atoms with Crippen LogP contribution in [0.5, 0.6) is 0 Å². The molecular weight excluding hydrogens is 342 g/mol. The largest absolute Gasteiger partial charge is 0.454 e. The topological polar surface area (TPSA) is 86.5 Å². The Hall–Kier alpha value is -2.25. The standard InChI is InChI=1S/C15H12ClNO5S/c1-8-5-11(9(2)23-8)14(18)7-22-15(19)10-3-4-12(16)13(6-10)17(20)21/h3-6H,7H2,1-2H3. The maximum atomic E-state index is 12.0. The number of hydrogen-bond acceptors (Lipinski definition) is 6. The van der Waals surface area contributed by atoms with Gasteiger partial charge in [0, 0.05) is 21.4 Å². The summed E-state index contributed by atoms with van der Waals surface area (Å²) >= 11 is 7.16. The van der Waals surface area contributed by atoms with Crippen LogP contribution in [0, 0.1) is 24.0 Å². The van der Waals surface area contributed by atoms with Crippen LogP contribution in [0.3, 0.4) is 0 Å². The average Bonchev–Trinajstić information content (AvgIpc) is 2.83. The summed E-state index contributed by atoms with van der Waals surface area (Å²) in [6, 6.07) is 5.31. The number of ketones is 1. The first-order valence-electron chi connectivity index (χ1n) is 6.51. The summed E-state index contributed by atoms with van der Waals surface area (Å²) in [5.41, 5.74) is 0.0891. The van der Waals surface area contributed by atoms with Crippen LogP contribution in [-0.4, -0.2) is 23.3 Å². The minimum atomic E-state index is -0.817. The second-order valence-electron chi connectivity index (χ2n) is 4.75. The summed E-state index contributed by atoms with van der Waals surface area (Å²) in [4.78, 5) is 35.9. The highest BCUT2D eigenvalue weighted by Gasteiger charge is 2.19. The second-order valence-corrected chi connectivity index (χ2v) is 6.62. The zero-order valence-electron chi connectivity index (χ0n) is 12.3. The Balaban J connectivity index is 2.08. The van der Waals surface area contributed by atoms with E-state index in [2.05, 4.69) is 0 Å². The maximum absolute atomic E-state index is 12.0. The molecule has 0 aliphatic heterocycles. The van der Waals surface area contributed by atoms with E-state index in [-0.39, 0.29) is 16.4 Å². The molecule has 0 unspecified atom stereocenters. The van der Waals surface area contributed by atoms with Crippen molar-refractivity contribution in [2.45, 2.75) is 13.8 Å². The first kappa shape index (κ1) is 17.1. The van der Waals surface area contributed by atoms with Gasteiger partial charge in [0.15, 0.2) is 6.61 Å². The molecule has 0 saturated carbocycles. The number of nitro groups is 1. The first-order valence-corrected chi connectivity index (χ1v) is 7.70. The highest BCUT2D eigenvalue weighted by molar-refractivity contribution is 7.12. The average molecular weight is 354 g/mol. The van der Waals surface area contributed by atoms with E-state index in [4.69, 9.17) is 16.3 Å². The van der Waals surface area contributed by atoms with E-state index < -0.39 is 23.2 Å². The van der Waals surface area contributed by atoms with E-state index in [0.29, 0.717) is 5.56 Å². The van der Waals surface area contributed by atoms with E-state index in [1.807, 2.05) is 13.8 Å². The van der Waals surface area contributed by atoms with Crippen LogP contribution in [0.2, 0.25) is 5.02 Å². The molecule has 23 heavy (non-hydrogen) atoms. The first-order chi connectivity index (χ1) is 10.8. The molecule has 120 valence electrons. The molecule has 0 aliphatic rings. The van der Waals surface area contributed by atoms with Crippen molar-refractivity contribution in [3.63, 3.8) is 0 Å². The smallest absolute Gasteiger partial charge is 0.338 e. The lowest BCUT2D eigenvalue weighted by Gasteiger charge is -2.05. The van der Waals surface area contributed by atoms with Crippen LogP contribution in [0.25, 0.3) is 0 Å². The molecule has 0 spiro atoms. The lowest BCUT2D eigenvalue weighted by molar-refractivity contribution is -0.384. The summed E-state index contributed by atoms with van der Waals surface area (Å²) < 4.78 is 4.93. The number of ether oxygens (including phenoxy) is 1. The van der Waals surface area contributed by atoms with Gasteiger partial charge < -0.3 is 4.74 Å². The Morgan fingerprint density at radius 1 is 1.30 bits per heavy atom. The van der Waals surface area contributed by atoms with Crippen molar-refractivity contribution in [1.29, 1.82) is 0 Å². The normalized spacial score (nSPS) is 10.4. The van der Waals surface area contributed by atoms with E-state index in [9.17, 15) is 19.7 Å². The fourth-order valence-electron chi connectivity index (χ4n) is 1.98. The lowest BCUT2D eigenvalue weighted by atomic mass is 10.1. The highest BCUT2D eigenvalue weighted by Crippen LogP contribution is 2.25. The number of aryl methyl sites for hydroxylation is 2. The third-order valence-corrected chi connectivity index (χ3v) is 4.34. The van der Waals surface area contributed by atoms with Gasteiger partial charge in [-0.25, -0.2) is 4.79 Å². The SMILES string of the molecule is Cc1cc(C(=O)COC(=O)c2ccc(Cl)c([N+](=O)[O-])c2)c(C)s1. The number of nitrogens with zero attached hydrogens (tertiary/aromatic N) is 1. The fraction of sp³-hybridized carbons (Fsp3) is 0.200. The van der Waals surface area contributed by atoms with Crippen molar-refractivity contribution >= 4 is 40.4 Å². The molecule has 2 aromatic rings. The van der Waals surface area contributed by atoms with Crippen molar-refractivity contribution in [2.75, 3.05) is 6.61 Å². The summed E-state index contributed by atoms with van der Waals surface area (Å²) in [6.07, 6.45) is 0. The molecule has 1 heterocycles. The van der Waals surface area contributed by atoms with E-state index in [0.717, 1.165) is 15.8 Å². The minimum absolute atomic E-state index is 0.0351. The van der Waals surface area contributed by atoms with Crippen LogP contribution in [0.4, 0.5) is 5.69 Å². The third-order valence-electron chi connectivity index (χ3n) is 3.05. The van der Waals surface area contributed by atoms with Gasteiger partial charge >= 0.3 is 5.97 Å². The molecule has 0 saturated heterocycles. The molecule has 0 fully saturated rings. The number of rotatable bonds is 5. The fourth-order valence-corrected chi connectivity index (χ4v) is 3.11. The van der Waals surface area contributed by atoms with E-state index >= 15 is 0 Å². The Labute approximate surface area is 140 Å². The summed E-state index contributed by atoms with van der Waals surface area (Å²) in [6.45, 7) is 3.27. The maximum Gasteiger partial charge on any atom is 0.338 e. The number of nitro benzene ring substituents is 1. The zero-order chi connectivity index (χ0) is 17.1. The quantitative estimate of drug-likeness (QED) is 0.351. The van der Waals surface area contributed by atoms with Crippen LogP contribution >= 0.6 is 22.9 Å². The van der Waals surface area contributed by atoms with Crippen LogP contribution in [0.1, 0.15) is 30.5 Å². The van der Waals surface area contributed by atoms with Gasteiger partial charge in [-0.3, -0.25) is 14.9 Å². The summed E-state index contributed by atoms with van der Waals surface area (Å²) in [5, 5.41) is 10.7. The van der Waals surface area contributed by atoms with E-state index in [1.165, 1.54) is 23.5 Å². The molecule has 0 bridgehead atoms. The number of hydrogen-bond donors (Lipinski definition) is 0. The van der Waals surface area contributed by atoms with Gasteiger partial charge in [-0.15, -0.1) is 11.3 Å². The molecule has 8 heteroatoms.